The first kappa shape index (κ1) is 16.1. The van der Waals surface area contributed by atoms with E-state index in [-0.39, 0.29) is 6.61 Å². The Hall–Kier alpha value is -1.80. The lowest BCUT2D eigenvalue weighted by molar-refractivity contribution is -0.256. The van der Waals surface area contributed by atoms with Gasteiger partial charge in [0.1, 0.15) is 6.04 Å². The molecule has 5 atom stereocenters. The van der Waals surface area contributed by atoms with Crippen molar-refractivity contribution in [3.63, 3.8) is 0 Å². The summed E-state index contributed by atoms with van der Waals surface area (Å²) in [7, 11) is 1.37. The Bertz CT molecular complexity index is 596. The number of aliphatic hydroxyl groups excluding tert-OH is 2. The van der Waals surface area contributed by atoms with Gasteiger partial charge in [-0.2, -0.15) is 0 Å². The summed E-state index contributed by atoms with van der Waals surface area (Å²) in [5.74, 6) is -1.41. The highest BCUT2D eigenvalue weighted by Gasteiger charge is 2.52. The Labute approximate surface area is 133 Å². The number of aliphatic hydroxyl groups is 2. The van der Waals surface area contributed by atoms with E-state index in [1.807, 2.05) is 0 Å². The molecule has 1 aromatic rings. The Kier molecular flexibility index (Phi) is 4.20. The van der Waals surface area contributed by atoms with Gasteiger partial charge in [0.05, 0.1) is 29.9 Å². The molecule has 0 spiro atoms. The number of amides is 2. The molecule has 7 nitrogen and oxygen atoms in total. The molecule has 2 aliphatic heterocycles. The SMILES string of the molecule is CO[C@@H]1OC(CO)[C@@H](C)C(O)C1N1C(=O)c2ccccc2C1=O. The maximum atomic E-state index is 12.6. The summed E-state index contributed by atoms with van der Waals surface area (Å²) in [5, 5.41) is 19.9. The number of nitrogens with zero attached hydrogens (tertiary/aromatic N) is 1. The van der Waals surface area contributed by atoms with Crippen LogP contribution in [0.15, 0.2) is 24.3 Å². The smallest absolute Gasteiger partial charge is 0.262 e. The fourth-order valence-corrected chi connectivity index (χ4v) is 3.23. The fraction of sp³-hybridized carbons (Fsp3) is 0.500. The highest BCUT2D eigenvalue weighted by Crippen LogP contribution is 2.34. The van der Waals surface area contributed by atoms with Crippen LogP contribution < -0.4 is 0 Å². The van der Waals surface area contributed by atoms with Crippen LogP contribution in [0.2, 0.25) is 0 Å². The first-order chi connectivity index (χ1) is 11.0. The number of hydrogen-bond acceptors (Lipinski definition) is 6. The number of methoxy groups -OCH3 is 1. The van der Waals surface area contributed by atoms with Crippen molar-refractivity contribution < 1.29 is 29.3 Å². The van der Waals surface area contributed by atoms with Crippen LogP contribution in [-0.2, 0) is 9.47 Å². The van der Waals surface area contributed by atoms with Gasteiger partial charge >= 0.3 is 0 Å². The van der Waals surface area contributed by atoms with Gasteiger partial charge < -0.3 is 19.7 Å². The van der Waals surface area contributed by atoms with Crippen LogP contribution in [0.5, 0.6) is 0 Å². The van der Waals surface area contributed by atoms with Crippen LogP contribution >= 0.6 is 0 Å². The van der Waals surface area contributed by atoms with Crippen molar-refractivity contribution in [2.24, 2.45) is 5.92 Å². The molecule has 2 N–H and O–H groups in total. The molecule has 3 rings (SSSR count). The molecular weight excluding hydrogens is 302 g/mol. The maximum absolute atomic E-state index is 12.6. The van der Waals surface area contributed by atoms with Crippen LogP contribution in [0.1, 0.15) is 27.6 Å². The van der Waals surface area contributed by atoms with E-state index in [2.05, 4.69) is 0 Å². The maximum Gasteiger partial charge on any atom is 0.262 e. The van der Waals surface area contributed by atoms with Crippen molar-refractivity contribution in [2.45, 2.75) is 31.5 Å². The van der Waals surface area contributed by atoms with Crippen molar-refractivity contribution >= 4 is 11.8 Å². The molecule has 0 bridgehead atoms. The summed E-state index contributed by atoms with van der Waals surface area (Å²) >= 11 is 0. The van der Waals surface area contributed by atoms with E-state index in [9.17, 15) is 19.8 Å². The third-order valence-corrected chi connectivity index (χ3v) is 4.60. The highest BCUT2D eigenvalue weighted by molar-refractivity contribution is 6.21. The molecule has 7 heteroatoms. The van der Waals surface area contributed by atoms with Crippen molar-refractivity contribution in [1.29, 1.82) is 0 Å². The lowest BCUT2D eigenvalue weighted by atomic mass is 9.88. The van der Waals surface area contributed by atoms with Gasteiger partial charge in [0.25, 0.3) is 11.8 Å². The van der Waals surface area contributed by atoms with Crippen LogP contribution in [0.3, 0.4) is 0 Å². The molecule has 1 aromatic carbocycles. The molecule has 0 aromatic heterocycles. The fourth-order valence-electron chi connectivity index (χ4n) is 3.23. The minimum absolute atomic E-state index is 0.285. The first-order valence-corrected chi connectivity index (χ1v) is 7.45. The predicted molar refractivity (Wildman–Crippen MR) is 78.7 cm³/mol. The average Bonchev–Trinajstić information content (AvgIpc) is 2.82. The molecule has 0 saturated carbocycles. The third kappa shape index (κ3) is 2.36. The van der Waals surface area contributed by atoms with Crippen molar-refractivity contribution in [3.05, 3.63) is 35.4 Å². The van der Waals surface area contributed by atoms with Crippen molar-refractivity contribution in [3.8, 4) is 0 Å². The number of ether oxygens (including phenoxy) is 2. The largest absolute Gasteiger partial charge is 0.394 e. The van der Waals surface area contributed by atoms with Gasteiger partial charge in [-0.15, -0.1) is 0 Å². The van der Waals surface area contributed by atoms with Gasteiger partial charge in [-0.1, -0.05) is 19.1 Å². The number of benzene rings is 1. The zero-order chi connectivity index (χ0) is 16.7. The number of carbonyl (C=O) groups excluding carboxylic acids is 2. The quantitative estimate of drug-likeness (QED) is 0.762. The van der Waals surface area contributed by atoms with E-state index in [0.29, 0.717) is 11.1 Å². The van der Waals surface area contributed by atoms with E-state index in [1.54, 1.807) is 31.2 Å². The summed E-state index contributed by atoms with van der Waals surface area (Å²) < 4.78 is 10.8. The zero-order valence-corrected chi connectivity index (χ0v) is 12.9. The molecule has 0 aliphatic carbocycles. The van der Waals surface area contributed by atoms with Gasteiger partial charge in [0.15, 0.2) is 6.29 Å². The Morgan fingerprint density at radius 1 is 1.22 bits per heavy atom. The second-order valence-electron chi connectivity index (χ2n) is 5.83. The summed E-state index contributed by atoms with van der Waals surface area (Å²) in [6.07, 6.45) is -2.69. The zero-order valence-electron chi connectivity index (χ0n) is 12.9. The summed E-state index contributed by atoms with van der Waals surface area (Å²) in [5.41, 5.74) is 0.605. The Morgan fingerprint density at radius 3 is 2.26 bits per heavy atom. The van der Waals surface area contributed by atoms with E-state index >= 15 is 0 Å². The van der Waals surface area contributed by atoms with E-state index in [0.717, 1.165) is 4.90 Å². The van der Waals surface area contributed by atoms with E-state index in [4.69, 9.17) is 9.47 Å². The molecule has 2 amide bonds. The molecule has 1 fully saturated rings. The number of imide groups is 1. The Morgan fingerprint density at radius 2 is 1.78 bits per heavy atom. The van der Waals surface area contributed by atoms with Crippen LogP contribution in [0.4, 0.5) is 0 Å². The highest BCUT2D eigenvalue weighted by atomic mass is 16.7. The third-order valence-electron chi connectivity index (χ3n) is 4.60. The lowest BCUT2D eigenvalue weighted by Crippen LogP contribution is -2.63. The number of fused-ring (bicyclic) bond motifs is 1. The van der Waals surface area contributed by atoms with Gasteiger partial charge in [-0.05, 0) is 12.1 Å². The molecule has 0 radical (unpaired) electrons. The van der Waals surface area contributed by atoms with Crippen molar-refractivity contribution in [1.82, 2.24) is 4.90 Å². The standard InChI is InChI=1S/C16H19NO6/c1-8-11(7-18)23-16(22-2)12(13(8)19)17-14(20)9-5-3-4-6-10(9)15(17)21/h3-6,8,11-13,16,18-19H,7H2,1-2H3/t8-,11?,12?,13?,16-/m1/s1. The second kappa shape index (κ2) is 6.01. The number of hydrogen-bond donors (Lipinski definition) is 2. The summed E-state index contributed by atoms with van der Waals surface area (Å²) in [4.78, 5) is 26.2. The Balaban J connectivity index is 1.97. The van der Waals surface area contributed by atoms with Gasteiger partial charge in [-0.25, -0.2) is 0 Å². The predicted octanol–water partition coefficient (Wildman–Crippen LogP) is 0.0118. The second-order valence-corrected chi connectivity index (χ2v) is 5.83. The summed E-state index contributed by atoms with van der Waals surface area (Å²) in [6.45, 7) is 1.41. The van der Waals surface area contributed by atoms with Gasteiger partial charge in [0, 0.05) is 13.0 Å². The van der Waals surface area contributed by atoms with Crippen molar-refractivity contribution in [2.75, 3.05) is 13.7 Å². The normalized spacial score (nSPS) is 33.9. The molecule has 2 heterocycles. The molecule has 124 valence electrons. The van der Waals surface area contributed by atoms with Crippen LogP contribution in [0.25, 0.3) is 0 Å². The molecular formula is C16H19NO6. The van der Waals surface area contributed by atoms with Gasteiger partial charge in [-0.3, -0.25) is 14.5 Å². The molecule has 1 saturated heterocycles. The minimum atomic E-state index is -1.06. The number of rotatable bonds is 3. The van der Waals surface area contributed by atoms with E-state index < -0.39 is 42.3 Å². The summed E-state index contributed by atoms with van der Waals surface area (Å²) in [6, 6.07) is 5.55. The minimum Gasteiger partial charge on any atom is -0.394 e. The lowest BCUT2D eigenvalue weighted by Gasteiger charge is -2.45. The number of carbonyl (C=O) groups is 2. The monoisotopic (exact) mass is 321 g/mol. The first-order valence-electron chi connectivity index (χ1n) is 7.45. The molecule has 2 aliphatic rings. The topological polar surface area (TPSA) is 96.3 Å². The molecule has 3 unspecified atom stereocenters. The van der Waals surface area contributed by atoms with Crippen LogP contribution in [0, 0.1) is 5.92 Å². The molecule has 23 heavy (non-hydrogen) atoms. The van der Waals surface area contributed by atoms with Gasteiger partial charge in [0.2, 0.25) is 0 Å². The average molecular weight is 321 g/mol. The van der Waals surface area contributed by atoms with E-state index in [1.165, 1.54) is 7.11 Å². The van der Waals surface area contributed by atoms with Crippen LogP contribution in [-0.4, -0.2) is 65.2 Å².